The number of sulfone groups is 1. The molecule has 0 unspecified atom stereocenters. The van der Waals surface area contributed by atoms with E-state index in [4.69, 9.17) is 5.11 Å². The second-order valence-electron chi connectivity index (χ2n) is 4.88. The molecule has 1 saturated heterocycles. The molecule has 18 heavy (non-hydrogen) atoms. The van der Waals surface area contributed by atoms with E-state index in [2.05, 4.69) is 4.90 Å². The van der Waals surface area contributed by atoms with Crippen molar-refractivity contribution in [2.45, 2.75) is 17.7 Å². The molecule has 1 aromatic carbocycles. The number of hydrogen-bond donors (Lipinski definition) is 1. The molecule has 100 valence electrons. The van der Waals surface area contributed by atoms with E-state index in [0.29, 0.717) is 10.8 Å². The molecular formula is C13H19NO3S. The highest BCUT2D eigenvalue weighted by Gasteiger charge is 2.18. The lowest BCUT2D eigenvalue weighted by molar-refractivity contribution is 0.203. The highest BCUT2D eigenvalue weighted by Crippen LogP contribution is 2.24. The van der Waals surface area contributed by atoms with Gasteiger partial charge in [-0.25, -0.2) is 8.42 Å². The molecule has 4 nitrogen and oxygen atoms in total. The first-order valence-corrected chi connectivity index (χ1v) is 8.06. The maximum Gasteiger partial charge on any atom is 0.175 e. The molecule has 0 aliphatic carbocycles. The molecule has 0 atom stereocenters. The number of anilines is 1. The van der Waals surface area contributed by atoms with Crippen LogP contribution in [0.3, 0.4) is 0 Å². The van der Waals surface area contributed by atoms with Gasteiger partial charge in [-0.2, -0.15) is 0 Å². The van der Waals surface area contributed by atoms with Gasteiger partial charge >= 0.3 is 0 Å². The van der Waals surface area contributed by atoms with Crippen molar-refractivity contribution in [3.05, 3.63) is 24.3 Å². The van der Waals surface area contributed by atoms with Gasteiger partial charge in [-0.05, 0) is 43.0 Å². The summed E-state index contributed by atoms with van der Waals surface area (Å²) in [6, 6.07) is 7.02. The van der Waals surface area contributed by atoms with Gasteiger partial charge in [0, 0.05) is 31.6 Å². The topological polar surface area (TPSA) is 57.6 Å². The minimum atomic E-state index is -3.11. The maximum absolute atomic E-state index is 11.4. The third-order valence-corrected chi connectivity index (χ3v) is 4.63. The van der Waals surface area contributed by atoms with Gasteiger partial charge in [0.05, 0.1) is 4.90 Å². The van der Waals surface area contributed by atoms with Gasteiger partial charge in [-0.1, -0.05) is 0 Å². The summed E-state index contributed by atoms with van der Waals surface area (Å²) in [7, 11) is -3.11. The third kappa shape index (κ3) is 3.03. The summed E-state index contributed by atoms with van der Waals surface area (Å²) < 4.78 is 22.7. The van der Waals surface area contributed by atoms with E-state index < -0.39 is 9.84 Å². The van der Waals surface area contributed by atoms with Crippen molar-refractivity contribution in [1.82, 2.24) is 0 Å². The average molecular weight is 269 g/mol. The van der Waals surface area contributed by atoms with Crippen LogP contribution in [0.4, 0.5) is 5.69 Å². The second kappa shape index (κ2) is 5.28. The van der Waals surface area contributed by atoms with Crippen LogP contribution in [0.15, 0.2) is 29.2 Å². The third-order valence-electron chi connectivity index (χ3n) is 3.50. The normalized spacial score (nSPS) is 18.0. The van der Waals surface area contributed by atoms with E-state index in [0.717, 1.165) is 31.6 Å². The van der Waals surface area contributed by atoms with Crippen molar-refractivity contribution in [3.63, 3.8) is 0 Å². The van der Waals surface area contributed by atoms with Gasteiger partial charge in [0.2, 0.25) is 0 Å². The largest absolute Gasteiger partial charge is 0.396 e. The summed E-state index contributed by atoms with van der Waals surface area (Å²) in [6.45, 7) is 2.10. The summed E-state index contributed by atoms with van der Waals surface area (Å²) in [5.41, 5.74) is 1.05. The number of hydrogen-bond acceptors (Lipinski definition) is 4. The van der Waals surface area contributed by atoms with E-state index in [-0.39, 0.29) is 6.61 Å². The lowest BCUT2D eigenvalue weighted by Gasteiger charge is -2.32. The minimum absolute atomic E-state index is 0.265. The van der Waals surface area contributed by atoms with Crippen LogP contribution in [-0.4, -0.2) is 39.5 Å². The van der Waals surface area contributed by atoms with Crippen LogP contribution >= 0.6 is 0 Å². The quantitative estimate of drug-likeness (QED) is 0.898. The van der Waals surface area contributed by atoms with Crippen LogP contribution in [0, 0.1) is 5.92 Å². The molecule has 1 fully saturated rings. The molecule has 0 aromatic heterocycles. The molecule has 0 saturated carbocycles. The second-order valence-corrected chi connectivity index (χ2v) is 6.89. The molecule has 1 N–H and O–H groups in total. The van der Waals surface area contributed by atoms with E-state index in [9.17, 15) is 8.42 Å². The number of aliphatic hydroxyl groups is 1. The Morgan fingerprint density at radius 3 is 2.22 bits per heavy atom. The zero-order valence-corrected chi connectivity index (χ0v) is 11.4. The first kappa shape index (κ1) is 13.4. The Balaban J connectivity index is 2.07. The summed E-state index contributed by atoms with van der Waals surface area (Å²) >= 11 is 0. The first-order chi connectivity index (χ1) is 8.50. The molecule has 1 aliphatic rings. The van der Waals surface area contributed by atoms with Crippen molar-refractivity contribution in [2.24, 2.45) is 5.92 Å². The fourth-order valence-corrected chi connectivity index (χ4v) is 2.91. The molecular weight excluding hydrogens is 250 g/mol. The van der Waals surface area contributed by atoms with Gasteiger partial charge in [0.25, 0.3) is 0 Å². The molecule has 2 rings (SSSR count). The molecule has 0 spiro atoms. The predicted octanol–water partition coefficient (Wildman–Crippen LogP) is 1.30. The number of aliphatic hydroxyl groups excluding tert-OH is 1. The van der Waals surface area contributed by atoms with Crippen LogP contribution < -0.4 is 4.90 Å². The van der Waals surface area contributed by atoms with Crippen molar-refractivity contribution in [1.29, 1.82) is 0 Å². The number of rotatable bonds is 3. The fourth-order valence-electron chi connectivity index (χ4n) is 2.28. The summed E-state index contributed by atoms with van der Waals surface area (Å²) in [5.74, 6) is 0.413. The Bertz CT molecular complexity index is 487. The molecule has 0 bridgehead atoms. The van der Waals surface area contributed by atoms with Gasteiger partial charge in [-0.15, -0.1) is 0 Å². The summed E-state index contributed by atoms with van der Waals surface area (Å²) in [6.07, 6.45) is 3.20. The Kier molecular flexibility index (Phi) is 3.92. The van der Waals surface area contributed by atoms with Gasteiger partial charge in [0.15, 0.2) is 9.84 Å². The van der Waals surface area contributed by atoms with Gasteiger partial charge in [-0.3, -0.25) is 0 Å². The smallest absolute Gasteiger partial charge is 0.175 e. The predicted molar refractivity (Wildman–Crippen MR) is 71.6 cm³/mol. The van der Waals surface area contributed by atoms with E-state index >= 15 is 0 Å². The number of piperidine rings is 1. The Labute approximate surface area is 108 Å². The summed E-state index contributed by atoms with van der Waals surface area (Å²) in [5, 5.41) is 9.09. The van der Waals surface area contributed by atoms with Crippen molar-refractivity contribution in [3.8, 4) is 0 Å². The van der Waals surface area contributed by atoms with Crippen molar-refractivity contribution in [2.75, 3.05) is 30.9 Å². The Morgan fingerprint density at radius 2 is 1.78 bits per heavy atom. The molecule has 5 heteroatoms. The van der Waals surface area contributed by atoms with Crippen LogP contribution in [0.1, 0.15) is 12.8 Å². The Morgan fingerprint density at radius 1 is 1.22 bits per heavy atom. The highest BCUT2D eigenvalue weighted by molar-refractivity contribution is 7.90. The highest BCUT2D eigenvalue weighted by atomic mass is 32.2. The Hall–Kier alpha value is -1.07. The zero-order chi connectivity index (χ0) is 13.2. The van der Waals surface area contributed by atoms with E-state index in [1.807, 2.05) is 12.1 Å². The van der Waals surface area contributed by atoms with E-state index in [1.165, 1.54) is 6.26 Å². The van der Waals surface area contributed by atoms with Gasteiger partial charge < -0.3 is 10.0 Å². The SMILES string of the molecule is CS(=O)(=O)c1ccc(N2CCC(CO)CC2)cc1. The van der Waals surface area contributed by atoms with Crippen molar-refractivity contribution >= 4 is 15.5 Å². The minimum Gasteiger partial charge on any atom is -0.396 e. The standard InChI is InChI=1S/C13H19NO3S/c1-18(16,17)13-4-2-12(3-5-13)14-8-6-11(10-15)7-9-14/h2-5,11,15H,6-10H2,1H3. The van der Waals surface area contributed by atoms with Crippen LogP contribution in [0.25, 0.3) is 0 Å². The molecule has 0 amide bonds. The van der Waals surface area contributed by atoms with Crippen molar-refractivity contribution < 1.29 is 13.5 Å². The van der Waals surface area contributed by atoms with Crippen LogP contribution in [0.5, 0.6) is 0 Å². The van der Waals surface area contributed by atoms with Crippen LogP contribution in [0.2, 0.25) is 0 Å². The monoisotopic (exact) mass is 269 g/mol. The molecule has 1 heterocycles. The first-order valence-electron chi connectivity index (χ1n) is 6.16. The van der Waals surface area contributed by atoms with Gasteiger partial charge in [0.1, 0.15) is 0 Å². The summed E-state index contributed by atoms with van der Waals surface area (Å²) in [4.78, 5) is 2.59. The maximum atomic E-state index is 11.4. The average Bonchev–Trinajstić information content (AvgIpc) is 2.38. The lowest BCUT2D eigenvalue weighted by atomic mass is 9.97. The number of benzene rings is 1. The van der Waals surface area contributed by atoms with E-state index in [1.54, 1.807) is 12.1 Å². The number of nitrogens with zero attached hydrogens (tertiary/aromatic N) is 1. The molecule has 1 aliphatic heterocycles. The molecule has 1 aromatic rings. The lowest BCUT2D eigenvalue weighted by Crippen LogP contribution is -2.34. The van der Waals surface area contributed by atoms with Crippen LogP contribution in [-0.2, 0) is 9.84 Å². The fraction of sp³-hybridized carbons (Fsp3) is 0.538. The zero-order valence-electron chi connectivity index (χ0n) is 10.5. The molecule has 0 radical (unpaired) electrons.